The summed E-state index contributed by atoms with van der Waals surface area (Å²) in [6, 6.07) is 4.37. The standard InChI is InChI=1S/C11H11ClFN/c1-2-3-6-14-8-9-4-5-10(13)7-11(9)12/h1,4-5,7,14H,3,6,8H2. The lowest BCUT2D eigenvalue weighted by molar-refractivity contribution is 0.625. The van der Waals surface area contributed by atoms with Crippen molar-refractivity contribution in [2.24, 2.45) is 0 Å². The quantitative estimate of drug-likeness (QED) is 0.596. The fraction of sp³-hybridized carbons (Fsp3) is 0.273. The molecular formula is C11H11ClFN. The maximum absolute atomic E-state index is 12.7. The molecule has 0 radical (unpaired) electrons. The average molecular weight is 212 g/mol. The van der Waals surface area contributed by atoms with Crippen LogP contribution in [-0.4, -0.2) is 6.54 Å². The third-order valence-electron chi connectivity index (χ3n) is 1.78. The first-order valence-corrected chi connectivity index (χ1v) is 4.70. The second-order valence-corrected chi connectivity index (χ2v) is 3.27. The van der Waals surface area contributed by atoms with Gasteiger partial charge in [-0.25, -0.2) is 4.39 Å². The summed E-state index contributed by atoms with van der Waals surface area (Å²) in [4.78, 5) is 0. The van der Waals surface area contributed by atoms with Crippen molar-refractivity contribution in [1.29, 1.82) is 0 Å². The SMILES string of the molecule is C#CCCNCc1ccc(F)cc1Cl. The van der Waals surface area contributed by atoms with Crippen molar-refractivity contribution in [3.8, 4) is 12.3 Å². The lowest BCUT2D eigenvalue weighted by Gasteiger charge is -2.04. The minimum atomic E-state index is -0.317. The Balaban J connectivity index is 2.47. The van der Waals surface area contributed by atoms with Crippen molar-refractivity contribution in [3.05, 3.63) is 34.6 Å². The molecule has 0 fully saturated rings. The highest BCUT2D eigenvalue weighted by Gasteiger charge is 2.00. The van der Waals surface area contributed by atoms with E-state index in [0.29, 0.717) is 18.0 Å². The summed E-state index contributed by atoms with van der Waals surface area (Å²) in [5.74, 6) is 2.20. The highest BCUT2D eigenvalue weighted by molar-refractivity contribution is 6.31. The van der Waals surface area contributed by atoms with Crippen LogP contribution in [0.3, 0.4) is 0 Å². The molecule has 0 heterocycles. The first kappa shape index (κ1) is 11.0. The number of hydrogen-bond acceptors (Lipinski definition) is 1. The Kier molecular flexibility index (Phi) is 4.45. The molecule has 0 unspecified atom stereocenters. The fourth-order valence-electron chi connectivity index (χ4n) is 1.05. The number of nitrogens with one attached hydrogen (secondary N) is 1. The van der Waals surface area contributed by atoms with Crippen molar-refractivity contribution >= 4 is 11.6 Å². The molecule has 14 heavy (non-hydrogen) atoms. The summed E-state index contributed by atoms with van der Waals surface area (Å²) in [6.45, 7) is 1.35. The number of halogens is 2. The largest absolute Gasteiger partial charge is 0.312 e. The Morgan fingerprint density at radius 3 is 2.93 bits per heavy atom. The molecule has 1 N–H and O–H groups in total. The molecule has 0 aliphatic rings. The van der Waals surface area contributed by atoms with E-state index in [1.807, 2.05) is 0 Å². The Morgan fingerprint density at radius 1 is 1.50 bits per heavy atom. The van der Waals surface area contributed by atoms with Gasteiger partial charge < -0.3 is 5.32 Å². The van der Waals surface area contributed by atoms with Crippen LogP contribution in [0.2, 0.25) is 5.02 Å². The van der Waals surface area contributed by atoms with Gasteiger partial charge in [0.25, 0.3) is 0 Å². The van der Waals surface area contributed by atoms with Gasteiger partial charge in [0, 0.05) is 24.5 Å². The Morgan fingerprint density at radius 2 is 2.29 bits per heavy atom. The zero-order valence-electron chi connectivity index (χ0n) is 7.69. The summed E-state index contributed by atoms with van der Waals surface area (Å²) in [6.07, 6.45) is 5.77. The van der Waals surface area contributed by atoms with E-state index in [0.717, 1.165) is 12.1 Å². The summed E-state index contributed by atoms with van der Waals surface area (Å²) >= 11 is 5.82. The Labute approximate surface area is 88.3 Å². The zero-order chi connectivity index (χ0) is 10.4. The highest BCUT2D eigenvalue weighted by Crippen LogP contribution is 2.16. The van der Waals surface area contributed by atoms with Gasteiger partial charge in [0.2, 0.25) is 0 Å². The van der Waals surface area contributed by atoms with Gasteiger partial charge in [0.15, 0.2) is 0 Å². The van der Waals surface area contributed by atoms with Gasteiger partial charge in [-0.05, 0) is 17.7 Å². The van der Waals surface area contributed by atoms with E-state index in [4.69, 9.17) is 18.0 Å². The van der Waals surface area contributed by atoms with E-state index >= 15 is 0 Å². The number of rotatable bonds is 4. The van der Waals surface area contributed by atoms with Crippen molar-refractivity contribution < 1.29 is 4.39 Å². The summed E-state index contributed by atoms with van der Waals surface area (Å²) < 4.78 is 12.7. The normalized spacial score (nSPS) is 9.79. The van der Waals surface area contributed by atoms with E-state index in [9.17, 15) is 4.39 Å². The number of terminal acetylenes is 1. The maximum atomic E-state index is 12.7. The van der Waals surface area contributed by atoms with Gasteiger partial charge in [-0.1, -0.05) is 17.7 Å². The van der Waals surface area contributed by atoms with Gasteiger partial charge in [-0.3, -0.25) is 0 Å². The molecule has 0 aliphatic carbocycles. The molecule has 0 saturated heterocycles. The van der Waals surface area contributed by atoms with Crippen LogP contribution < -0.4 is 5.32 Å². The third kappa shape index (κ3) is 3.37. The van der Waals surface area contributed by atoms with Crippen molar-refractivity contribution in [3.63, 3.8) is 0 Å². The van der Waals surface area contributed by atoms with Crippen LogP contribution in [-0.2, 0) is 6.54 Å². The molecule has 1 aromatic carbocycles. The van der Waals surface area contributed by atoms with Gasteiger partial charge in [-0.15, -0.1) is 12.3 Å². The van der Waals surface area contributed by atoms with E-state index in [1.165, 1.54) is 12.1 Å². The van der Waals surface area contributed by atoms with Gasteiger partial charge >= 0.3 is 0 Å². The van der Waals surface area contributed by atoms with Crippen LogP contribution in [0.25, 0.3) is 0 Å². The molecule has 0 atom stereocenters. The number of benzene rings is 1. The molecule has 74 valence electrons. The average Bonchev–Trinajstić information content (AvgIpc) is 2.15. The van der Waals surface area contributed by atoms with Crippen molar-refractivity contribution in [1.82, 2.24) is 5.32 Å². The zero-order valence-corrected chi connectivity index (χ0v) is 8.44. The minimum Gasteiger partial charge on any atom is -0.312 e. The minimum absolute atomic E-state index is 0.317. The van der Waals surface area contributed by atoms with E-state index < -0.39 is 0 Å². The molecule has 0 aliphatic heterocycles. The predicted molar refractivity (Wildman–Crippen MR) is 56.6 cm³/mol. The Bertz CT molecular complexity index is 344. The molecule has 0 aromatic heterocycles. The monoisotopic (exact) mass is 211 g/mol. The van der Waals surface area contributed by atoms with Crippen molar-refractivity contribution in [2.45, 2.75) is 13.0 Å². The smallest absolute Gasteiger partial charge is 0.124 e. The Hall–Kier alpha value is -1.04. The molecule has 0 amide bonds. The molecular weight excluding hydrogens is 201 g/mol. The van der Waals surface area contributed by atoms with E-state index in [2.05, 4.69) is 11.2 Å². The predicted octanol–water partition coefficient (Wildman–Crippen LogP) is 2.59. The molecule has 0 bridgehead atoms. The van der Waals surface area contributed by atoms with Crippen LogP contribution in [0, 0.1) is 18.2 Å². The molecule has 1 nitrogen and oxygen atoms in total. The van der Waals surface area contributed by atoms with Crippen LogP contribution in [0.4, 0.5) is 4.39 Å². The highest BCUT2D eigenvalue weighted by atomic mass is 35.5. The first-order valence-electron chi connectivity index (χ1n) is 4.32. The first-order chi connectivity index (χ1) is 6.74. The molecule has 0 spiro atoms. The van der Waals surface area contributed by atoms with Crippen LogP contribution in [0.15, 0.2) is 18.2 Å². The van der Waals surface area contributed by atoms with Crippen LogP contribution in [0.1, 0.15) is 12.0 Å². The summed E-state index contributed by atoms with van der Waals surface area (Å²) in [5, 5.41) is 3.56. The lowest BCUT2D eigenvalue weighted by atomic mass is 10.2. The molecule has 1 aromatic rings. The van der Waals surface area contributed by atoms with Crippen molar-refractivity contribution in [2.75, 3.05) is 6.54 Å². The van der Waals surface area contributed by atoms with Crippen LogP contribution >= 0.6 is 11.6 Å². The summed E-state index contributed by atoms with van der Waals surface area (Å²) in [7, 11) is 0. The number of hydrogen-bond donors (Lipinski definition) is 1. The lowest BCUT2D eigenvalue weighted by Crippen LogP contribution is -2.14. The molecule has 3 heteroatoms. The third-order valence-corrected chi connectivity index (χ3v) is 2.13. The maximum Gasteiger partial charge on any atom is 0.124 e. The second-order valence-electron chi connectivity index (χ2n) is 2.87. The molecule has 0 saturated carbocycles. The van der Waals surface area contributed by atoms with Gasteiger partial charge in [-0.2, -0.15) is 0 Å². The van der Waals surface area contributed by atoms with E-state index in [1.54, 1.807) is 6.07 Å². The van der Waals surface area contributed by atoms with Crippen LogP contribution in [0.5, 0.6) is 0 Å². The van der Waals surface area contributed by atoms with Gasteiger partial charge in [0.1, 0.15) is 5.82 Å². The topological polar surface area (TPSA) is 12.0 Å². The van der Waals surface area contributed by atoms with E-state index in [-0.39, 0.29) is 5.82 Å². The second kappa shape index (κ2) is 5.64. The van der Waals surface area contributed by atoms with Gasteiger partial charge in [0.05, 0.1) is 0 Å². The summed E-state index contributed by atoms with van der Waals surface area (Å²) in [5.41, 5.74) is 0.880. The fourth-order valence-corrected chi connectivity index (χ4v) is 1.28. The molecule has 1 rings (SSSR count).